The Hall–Kier alpha value is -1.02. The molecule has 1 rings (SSSR count). The van der Waals surface area contributed by atoms with Crippen molar-refractivity contribution in [2.24, 2.45) is 5.73 Å². The van der Waals surface area contributed by atoms with E-state index in [0.29, 0.717) is 0 Å². The normalized spacial score (nSPS) is 10.1. The largest absolute Gasteiger partial charge is 0.385 e. The lowest BCUT2D eigenvalue weighted by Gasteiger charge is -2.10. The number of anilines is 1. The van der Waals surface area contributed by atoms with Gasteiger partial charge in [-0.15, -0.1) is 0 Å². The Bertz CT molecular complexity index is 258. The molecule has 78 valence electrons. The van der Waals surface area contributed by atoms with Crippen molar-refractivity contribution in [1.29, 1.82) is 0 Å². The molecule has 0 unspecified atom stereocenters. The van der Waals surface area contributed by atoms with Crippen molar-refractivity contribution in [3.05, 3.63) is 29.8 Å². The van der Waals surface area contributed by atoms with Crippen molar-refractivity contribution >= 4 is 5.69 Å². The van der Waals surface area contributed by atoms with Gasteiger partial charge in [0, 0.05) is 12.2 Å². The fraction of sp³-hybridized carbons (Fsp3) is 0.500. The van der Waals surface area contributed by atoms with E-state index in [1.54, 1.807) is 0 Å². The van der Waals surface area contributed by atoms with Crippen LogP contribution in [0.25, 0.3) is 0 Å². The van der Waals surface area contributed by atoms with Crippen molar-refractivity contribution in [3.8, 4) is 0 Å². The summed E-state index contributed by atoms with van der Waals surface area (Å²) in [5, 5.41) is 3.44. The van der Waals surface area contributed by atoms with Gasteiger partial charge >= 0.3 is 0 Å². The first-order valence-corrected chi connectivity index (χ1v) is 5.40. The molecule has 0 spiro atoms. The molecule has 0 radical (unpaired) electrons. The van der Waals surface area contributed by atoms with E-state index < -0.39 is 0 Å². The third-order valence-electron chi connectivity index (χ3n) is 2.34. The van der Waals surface area contributed by atoms with E-state index in [4.69, 9.17) is 5.73 Å². The highest BCUT2D eigenvalue weighted by molar-refractivity contribution is 5.50. The van der Waals surface area contributed by atoms with Gasteiger partial charge < -0.3 is 11.1 Å². The average molecular weight is 192 g/mol. The molecule has 0 aliphatic carbocycles. The third kappa shape index (κ3) is 3.38. The Morgan fingerprint density at radius 3 is 2.71 bits per heavy atom. The van der Waals surface area contributed by atoms with Crippen molar-refractivity contribution in [1.82, 2.24) is 0 Å². The van der Waals surface area contributed by atoms with Crippen molar-refractivity contribution in [2.45, 2.75) is 26.2 Å². The molecule has 3 N–H and O–H groups in total. The number of benzene rings is 1. The highest BCUT2D eigenvalue weighted by Gasteiger charge is 1.97. The van der Waals surface area contributed by atoms with E-state index in [-0.39, 0.29) is 0 Å². The molecule has 0 amide bonds. The van der Waals surface area contributed by atoms with E-state index in [0.717, 1.165) is 32.4 Å². The second-order valence-electron chi connectivity index (χ2n) is 3.43. The number of unbranched alkanes of at least 4 members (excludes halogenated alkanes) is 1. The Morgan fingerprint density at radius 1 is 1.21 bits per heavy atom. The smallest absolute Gasteiger partial charge is 0.0372 e. The molecule has 1 aromatic rings. The number of hydrogen-bond acceptors (Lipinski definition) is 2. The van der Waals surface area contributed by atoms with Crippen LogP contribution in [0.3, 0.4) is 0 Å². The van der Waals surface area contributed by atoms with Crippen LogP contribution in [-0.2, 0) is 6.42 Å². The maximum absolute atomic E-state index is 5.44. The molecule has 0 aromatic heterocycles. The lowest BCUT2D eigenvalue weighted by molar-refractivity contribution is 0.773. The minimum atomic E-state index is 0.789. The van der Waals surface area contributed by atoms with Crippen LogP contribution < -0.4 is 11.1 Å². The Morgan fingerprint density at radius 2 is 2.00 bits per heavy atom. The Kier molecular flexibility index (Phi) is 5.08. The summed E-state index contributed by atoms with van der Waals surface area (Å²) in [7, 11) is 0. The van der Waals surface area contributed by atoms with Crippen LogP contribution in [0.2, 0.25) is 0 Å². The third-order valence-corrected chi connectivity index (χ3v) is 2.34. The fourth-order valence-electron chi connectivity index (χ4n) is 1.49. The summed E-state index contributed by atoms with van der Waals surface area (Å²) in [6, 6.07) is 8.47. The van der Waals surface area contributed by atoms with E-state index in [1.165, 1.54) is 11.3 Å². The minimum absolute atomic E-state index is 0.789. The zero-order valence-electron chi connectivity index (χ0n) is 8.92. The van der Waals surface area contributed by atoms with Crippen LogP contribution in [0.5, 0.6) is 0 Å². The van der Waals surface area contributed by atoms with E-state index >= 15 is 0 Å². The Labute approximate surface area is 86.5 Å². The van der Waals surface area contributed by atoms with Gasteiger partial charge in [0.05, 0.1) is 0 Å². The number of aryl methyl sites for hydroxylation is 1. The van der Waals surface area contributed by atoms with Crippen LogP contribution in [0.4, 0.5) is 5.69 Å². The highest BCUT2D eigenvalue weighted by atomic mass is 14.9. The van der Waals surface area contributed by atoms with Gasteiger partial charge in [0.1, 0.15) is 0 Å². The molecule has 1 aromatic carbocycles. The van der Waals surface area contributed by atoms with Crippen molar-refractivity contribution < 1.29 is 0 Å². The van der Waals surface area contributed by atoms with Gasteiger partial charge in [0.15, 0.2) is 0 Å². The van der Waals surface area contributed by atoms with Gasteiger partial charge in [-0.3, -0.25) is 0 Å². The van der Waals surface area contributed by atoms with E-state index in [1.807, 2.05) is 0 Å². The average Bonchev–Trinajstić information content (AvgIpc) is 2.25. The molecule has 14 heavy (non-hydrogen) atoms. The summed E-state index contributed by atoms with van der Waals surface area (Å²) in [6.07, 6.45) is 3.33. The number of hydrogen-bond donors (Lipinski definition) is 2. The molecule has 2 heteroatoms. The molecule has 0 fully saturated rings. The maximum atomic E-state index is 5.44. The first-order chi connectivity index (χ1) is 6.88. The van der Waals surface area contributed by atoms with Crippen molar-refractivity contribution in [2.75, 3.05) is 18.4 Å². The van der Waals surface area contributed by atoms with Crippen LogP contribution in [0, 0.1) is 0 Å². The molecular weight excluding hydrogens is 172 g/mol. The second kappa shape index (κ2) is 6.44. The van der Waals surface area contributed by atoms with Gasteiger partial charge in [0.2, 0.25) is 0 Å². The molecule has 0 aliphatic heterocycles. The van der Waals surface area contributed by atoms with E-state index in [2.05, 4.69) is 36.5 Å². The van der Waals surface area contributed by atoms with Gasteiger partial charge in [-0.2, -0.15) is 0 Å². The summed E-state index contributed by atoms with van der Waals surface area (Å²) in [5.41, 5.74) is 8.10. The summed E-state index contributed by atoms with van der Waals surface area (Å²) in [5.74, 6) is 0. The summed E-state index contributed by atoms with van der Waals surface area (Å²) in [4.78, 5) is 0. The molecule has 0 heterocycles. The predicted molar refractivity (Wildman–Crippen MR) is 62.6 cm³/mol. The first-order valence-electron chi connectivity index (χ1n) is 5.40. The van der Waals surface area contributed by atoms with Gasteiger partial charge in [-0.1, -0.05) is 25.1 Å². The summed E-state index contributed by atoms with van der Waals surface area (Å²) < 4.78 is 0. The van der Waals surface area contributed by atoms with Gasteiger partial charge in [0.25, 0.3) is 0 Å². The first kappa shape index (κ1) is 11.1. The van der Waals surface area contributed by atoms with Gasteiger partial charge in [-0.25, -0.2) is 0 Å². The molecule has 0 saturated heterocycles. The SMILES string of the molecule is CCc1ccccc1NCCCCN. The van der Waals surface area contributed by atoms with Crippen LogP contribution in [0.15, 0.2) is 24.3 Å². The lowest BCUT2D eigenvalue weighted by Crippen LogP contribution is -2.06. The number of rotatable bonds is 6. The van der Waals surface area contributed by atoms with Crippen molar-refractivity contribution in [3.63, 3.8) is 0 Å². The zero-order valence-corrected chi connectivity index (χ0v) is 8.92. The zero-order chi connectivity index (χ0) is 10.2. The molecule has 0 aliphatic rings. The fourth-order valence-corrected chi connectivity index (χ4v) is 1.49. The van der Waals surface area contributed by atoms with Crippen LogP contribution in [-0.4, -0.2) is 13.1 Å². The molecular formula is C12H20N2. The predicted octanol–water partition coefficient (Wildman–Crippen LogP) is 2.40. The second-order valence-corrected chi connectivity index (χ2v) is 3.43. The monoisotopic (exact) mass is 192 g/mol. The quantitative estimate of drug-likeness (QED) is 0.679. The standard InChI is InChI=1S/C12H20N2/c1-2-11-7-3-4-8-12(11)14-10-6-5-9-13/h3-4,7-8,14H,2,5-6,9-10,13H2,1H3. The summed E-state index contributed by atoms with van der Waals surface area (Å²) >= 11 is 0. The minimum Gasteiger partial charge on any atom is -0.385 e. The highest BCUT2D eigenvalue weighted by Crippen LogP contribution is 2.15. The number of para-hydroxylation sites is 1. The molecule has 0 atom stereocenters. The summed E-state index contributed by atoms with van der Waals surface area (Å²) in [6.45, 7) is 3.99. The number of nitrogens with two attached hydrogens (primary N) is 1. The van der Waals surface area contributed by atoms with E-state index in [9.17, 15) is 0 Å². The molecule has 2 nitrogen and oxygen atoms in total. The molecule has 0 saturated carbocycles. The molecule has 0 bridgehead atoms. The maximum Gasteiger partial charge on any atom is 0.0372 e. The van der Waals surface area contributed by atoms with Crippen LogP contribution in [0.1, 0.15) is 25.3 Å². The topological polar surface area (TPSA) is 38.0 Å². The van der Waals surface area contributed by atoms with Crippen LogP contribution >= 0.6 is 0 Å². The van der Waals surface area contributed by atoms with Gasteiger partial charge in [-0.05, 0) is 37.4 Å². The lowest BCUT2D eigenvalue weighted by atomic mass is 10.1. The number of nitrogens with one attached hydrogen (secondary N) is 1. The Balaban J connectivity index is 2.41.